The number of para-hydroxylation sites is 2. The van der Waals surface area contributed by atoms with Crippen molar-refractivity contribution >= 4 is 28.9 Å². The summed E-state index contributed by atoms with van der Waals surface area (Å²) in [4.78, 5) is 29.4. The molecule has 1 N–H and O–H groups in total. The Morgan fingerprint density at radius 2 is 1.86 bits per heavy atom. The molecule has 2 aliphatic heterocycles. The Kier molecular flexibility index (Phi) is 5.43. The second-order valence-corrected chi connectivity index (χ2v) is 7.76. The number of aryl methyl sites for hydroxylation is 1. The summed E-state index contributed by atoms with van der Waals surface area (Å²) in [5.74, 6) is 0.0697. The van der Waals surface area contributed by atoms with E-state index in [2.05, 4.69) is 23.2 Å². The van der Waals surface area contributed by atoms with Gasteiger partial charge in [-0.2, -0.15) is 0 Å². The lowest BCUT2D eigenvalue weighted by Crippen LogP contribution is -2.28. The maximum atomic E-state index is 12.8. The summed E-state index contributed by atoms with van der Waals surface area (Å²) in [6.45, 7) is 4.62. The second kappa shape index (κ2) is 8.15. The van der Waals surface area contributed by atoms with Crippen LogP contribution in [-0.4, -0.2) is 38.6 Å². The first-order chi connectivity index (χ1) is 14.1. The zero-order valence-electron chi connectivity index (χ0n) is 17.0. The Labute approximate surface area is 171 Å². The van der Waals surface area contributed by atoms with Gasteiger partial charge in [-0.3, -0.25) is 9.59 Å². The van der Waals surface area contributed by atoms with Crippen LogP contribution in [0, 0.1) is 12.8 Å². The molecule has 0 bridgehead atoms. The number of nitrogens with zero attached hydrogens (tertiary/aromatic N) is 2. The molecule has 0 radical (unpaired) electrons. The van der Waals surface area contributed by atoms with E-state index in [0.29, 0.717) is 18.0 Å². The van der Waals surface area contributed by atoms with Crippen molar-refractivity contribution in [3.8, 4) is 5.75 Å². The van der Waals surface area contributed by atoms with Gasteiger partial charge in [-0.05, 0) is 55.7 Å². The molecule has 2 aromatic rings. The number of ether oxygens (including phenoxy) is 1. The largest absolute Gasteiger partial charge is 0.495 e. The first kappa shape index (κ1) is 19.3. The van der Waals surface area contributed by atoms with E-state index in [1.165, 1.54) is 18.5 Å². The molecule has 0 aromatic heterocycles. The van der Waals surface area contributed by atoms with E-state index >= 15 is 0 Å². The average Bonchev–Trinajstić information content (AvgIpc) is 3.38. The quantitative estimate of drug-likeness (QED) is 0.843. The molecular weight excluding hydrogens is 366 g/mol. The smallest absolute Gasteiger partial charge is 0.229 e. The summed E-state index contributed by atoms with van der Waals surface area (Å²) in [5, 5.41) is 3.00. The van der Waals surface area contributed by atoms with Crippen LogP contribution in [0.4, 0.5) is 17.1 Å². The Balaban J connectivity index is 1.44. The van der Waals surface area contributed by atoms with Gasteiger partial charge in [-0.25, -0.2) is 0 Å². The zero-order valence-corrected chi connectivity index (χ0v) is 17.0. The van der Waals surface area contributed by atoms with Crippen LogP contribution in [0.15, 0.2) is 42.5 Å². The topological polar surface area (TPSA) is 61.9 Å². The second-order valence-electron chi connectivity index (χ2n) is 7.76. The van der Waals surface area contributed by atoms with Gasteiger partial charge in [0.25, 0.3) is 0 Å². The average molecular weight is 393 g/mol. The fraction of sp³-hybridized carbons (Fsp3) is 0.391. The van der Waals surface area contributed by atoms with Gasteiger partial charge in [0.05, 0.1) is 18.7 Å². The van der Waals surface area contributed by atoms with Crippen LogP contribution in [0.2, 0.25) is 0 Å². The molecule has 29 heavy (non-hydrogen) atoms. The molecule has 0 aliphatic carbocycles. The highest BCUT2D eigenvalue weighted by Gasteiger charge is 2.36. The van der Waals surface area contributed by atoms with Gasteiger partial charge >= 0.3 is 0 Å². The zero-order chi connectivity index (χ0) is 20.4. The number of hydrogen-bond donors (Lipinski definition) is 1. The Morgan fingerprint density at radius 1 is 1.10 bits per heavy atom. The fourth-order valence-electron chi connectivity index (χ4n) is 4.26. The minimum atomic E-state index is -0.383. The van der Waals surface area contributed by atoms with Crippen molar-refractivity contribution in [2.45, 2.75) is 26.2 Å². The van der Waals surface area contributed by atoms with Gasteiger partial charge in [0, 0.05) is 37.4 Å². The summed E-state index contributed by atoms with van der Waals surface area (Å²) in [5.41, 5.74) is 3.88. The first-order valence-corrected chi connectivity index (χ1v) is 10.2. The minimum absolute atomic E-state index is 0.0600. The lowest BCUT2D eigenvalue weighted by molar-refractivity contribution is -0.122. The van der Waals surface area contributed by atoms with Gasteiger partial charge in [-0.1, -0.05) is 12.1 Å². The van der Waals surface area contributed by atoms with Crippen LogP contribution in [0.25, 0.3) is 0 Å². The monoisotopic (exact) mass is 393 g/mol. The highest BCUT2D eigenvalue weighted by molar-refractivity contribution is 6.04. The maximum Gasteiger partial charge on any atom is 0.229 e. The predicted molar refractivity (Wildman–Crippen MR) is 115 cm³/mol. The van der Waals surface area contributed by atoms with Gasteiger partial charge < -0.3 is 19.9 Å². The predicted octanol–water partition coefficient (Wildman–Crippen LogP) is 3.60. The molecule has 0 spiro atoms. The van der Waals surface area contributed by atoms with E-state index in [1.807, 2.05) is 36.4 Å². The van der Waals surface area contributed by atoms with Crippen molar-refractivity contribution in [2.75, 3.05) is 41.9 Å². The number of nitrogens with one attached hydrogen (secondary N) is 1. The van der Waals surface area contributed by atoms with Crippen molar-refractivity contribution in [3.05, 3.63) is 48.0 Å². The Hall–Kier alpha value is -3.02. The number of carbonyl (C=O) groups is 2. The molecule has 6 nitrogen and oxygen atoms in total. The lowest BCUT2D eigenvalue weighted by atomic mass is 10.1. The molecule has 1 atom stereocenters. The summed E-state index contributed by atoms with van der Waals surface area (Å²) in [7, 11) is 1.58. The standard InChI is InChI=1S/C23H27N3O3/c1-16-13-18(9-10-19(16)25-11-5-6-12-25)24-23(28)17-14-22(27)26(15-17)20-7-3-4-8-21(20)29-2/h3-4,7-10,13,17H,5-6,11-12,14-15H2,1-2H3,(H,24,28). The van der Waals surface area contributed by atoms with Crippen LogP contribution in [0.1, 0.15) is 24.8 Å². The highest BCUT2D eigenvalue weighted by Crippen LogP contribution is 2.33. The van der Waals surface area contributed by atoms with Crippen LogP contribution >= 0.6 is 0 Å². The van der Waals surface area contributed by atoms with E-state index in [9.17, 15) is 9.59 Å². The Morgan fingerprint density at radius 3 is 2.59 bits per heavy atom. The van der Waals surface area contributed by atoms with E-state index in [0.717, 1.165) is 24.3 Å². The molecule has 152 valence electrons. The summed E-state index contributed by atoms with van der Waals surface area (Å²) >= 11 is 0. The molecule has 2 aliphatic rings. The molecule has 2 fully saturated rings. The molecule has 0 saturated carbocycles. The number of benzene rings is 2. The van der Waals surface area contributed by atoms with Gasteiger partial charge in [0.1, 0.15) is 5.75 Å². The summed E-state index contributed by atoms with van der Waals surface area (Å²) < 4.78 is 5.37. The number of anilines is 3. The van der Waals surface area contributed by atoms with Gasteiger partial charge in [0.15, 0.2) is 0 Å². The van der Waals surface area contributed by atoms with Crippen molar-refractivity contribution in [1.29, 1.82) is 0 Å². The van der Waals surface area contributed by atoms with Crippen molar-refractivity contribution in [2.24, 2.45) is 5.92 Å². The van der Waals surface area contributed by atoms with Gasteiger partial charge in [-0.15, -0.1) is 0 Å². The number of rotatable bonds is 5. The number of amides is 2. The van der Waals surface area contributed by atoms with Crippen LogP contribution < -0.4 is 19.9 Å². The number of methoxy groups -OCH3 is 1. The molecular formula is C23H27N3O3. The van der Waals surface area contributed by atoms with Crippen LogP contribution in [-0.2, 0) is 9.59 Å². The van der Waals surface area contributed by atoms with Gasteiger partial charge in [0.2, 0.25) is 11.8 Å². The Bertz CT molecular complexity index is 921. The van der Waals surface area contributed by atoms with Crippen molar-refractivity contribution in [1.82, 2.24) is 0 Å². The third-order valence-electron chi connectivity index (χ3n) is 5.78. The SMILES string of the molecule is COc1ccccc1N1CC(C(=O)Nc2ccc(N3CCCC3)c(C)c2)CC1=O. The lowest BCUT2D eigenvalue weighted by Gasteiger charge is -2.21. The van der Waals surface area contributed by atoms with Crippen LogP contribution in [0.3, 0.4) is 0 Å². The molecule has 2 saturated heterocycles. The summed E-state index contributed by atoms with van der Waals surface area (Å²) in [6, 6.07) is 13.4. The summed E-state index contributed by atoms with van der Waals surface area (Å²) in [6.07, 6.45) is 2.67. The van der Waals surface area contributed by atoms with Crippen molar-refractivity contribution < 1.29 is 14.3 Å². The molecule has 6 heteroatoms. The molecule has 2 amide bonds. The third-order valence-corrected chi connectivity index (χ3v) is 5.78. The molecule has 2 aromatic carbocycles. The van der Waals surface area contributed by atoms with E-state index < -0.39 is 0 Å². The number of carbonyl (C=O) groups excluding carboxylic acids is 2. The third kappa shape index (κ3) is 3.92. The first-order valence-electron chi connectivity index (χ1n) is 10.2. The number of hydrogen-bond acceptors (Lipinski definition) is 4. The molecule has 4 rings (SSSR count). The van der Waals surface area contributed by atoms with E-state index in [-0.39, 0.29) is 24.2 Å². The highest BCUT2D eigenvalue weighted by atomic mass is 16.5. The van der Waals surface area contributed by atoms with Crippen molar-refractivity contribution in [3.63, 3.8) is 0 Å². The van der Waals surface area contributed by atoms with E-state index in [1.54, 1.807) is 12.0 Å². The fourth-order valence-corrected chi connectivity index (χ4v) is 4.26. The molecule has 1 unspecified atom stereocenters. The normalized spacial score (nSPS) is 19.0. The molecule has 2 heterocycles. The van der Waals surface area contributed by atoms with E-state index in [4.69, 9.17) is 4.74 Å². The minimum Gasteiger partial charge on any atom is -0.495 e. The van der Waals surface area contributed by atoms with Crippen LogP contribution in [0.5, 0.6) is 5.75 Å². The maximum absolute atomic E-state index is 12.8.